The van der Waals surface area contributed by atoms with Gasteiger partial charge in [0.15, 0.2) is 12.6 Å². The minimum atomic E-state index is -1.64. The van der Waals surface area contributed by atoms with Crippen LogP contribution in [0, 0.1) is 52.3 Å². The van der Waals surface area contributed by atoms with Gasteiger partial charge in [-0.1, -0.05) is 27.7 Å². The Bertz CT molecular complexity index is 1400. The predicted octanol–water partition coefficient (Wildman–Crippen LogP) is -0.0620. The fraction of sp³-hybridized carbons (Fsp3) is 0.974. The summed E-state index contributed by atoms with van der Waals surface area (Å²) in [6.07, 6.45) is -10.0. The monoisotopic (exact) mass is 770 g/mol. The fourth-order valence-electron chi connectivity index (χ4n) is 13.2. The lowest BCUT2D eigenvalue weighted by Gasteiger charge is -2.61. The van der Waals surface area contributed by atoms with Crippen molar-refractivity contribution in [2.45, 2.75) is 178 Å². The molecule has 4 aliphatic heterocycles. The van der Waals surface area contributed by atoms with Crippen LogP contribution >= 0.6 is 0 Å². The molecule has 4 saturated heterocycles. The number of esters is 1. The van der Waals surface area contributed by atoms with E-state index in [-0.39, 0.29) is 53.0 Å². The van der Waals surface area contributed by atoms with E-state index in [1.165, 1.54) is 6.92 Å². The molecule has 8 N–H and O–H groups in total. The van der Waals surface area contributed by atoms with Crippen LogP contribution < -0.4 is 0 Å². The molecule has 54 heavy (non-hydrogen) atoms. The average molecular weight is 771 g/mol. The van der Waals surface area contributed by atoms with E-state index in [9.17, 15) is 45.6 Å². The molecule has 1 spiro atoms. The van der Waals surface area contributed by atoms with Crippen LogP contribution in [0.4, 0.5) is 0 Å². The number of carbonyl (C=O) groups excluding carboxylic acids is 1. The normalized spacial score (nSPS) is 59.9. The minimum absolute atomic E-state index is 0.00439. The SMILES string of the molecule is C[C@@H]1C[C@H](O)[C@@]2(OC1=O)O[C@@H]1[C@H](O)[C@H]3[C@@H]4CC[C@H]5C[C@@H](O[C@@H]6O[C@H](CO)[C@@H](O)[C@H](O)[C@H]6O[C@@H]6O[C@@H](C)[C@H](O)[C@@H](O)[C@H]6O)CC[C@]5(C)[C@H]4CC[C@]3(C)[C@H]1[C@@H]2C. The number of hydrogen-bond donors (Lipinski definition) is 8. The van der Waals surface area contributed by atoms with Crippen LogP contribution in [0.15, 0.2) is 0 Å². The van der Waals surface area contributed by atoms with Crippen LogP contribution in [0.5, 0.6) is 0 Å². The molecular formula is C39H62O15. The van der Waals surface area contributed by atoms with Gasteiger partial charge < -0.3 is 69.3 Å². The summed E-state index contributed by atoms with van der Waals surface area (Å²) >= 11 is 0. The topological polar surface area (TPSA) is 234 Å². The number of fused-ring (bicyclic) bond motifs is 7. The Hall–Kier alpha value is -1.05. The summed E-state index contributed by atoms with van der Waals surface area (Å²) in [5.74, 6) is -1.63. The zero-order valence-electron chi connectivity index (χ0n) is 31.9. The van der Waals surface area contributed by atoms with Crippen molar-refractivity contribution in [3.8, 4) is 0 Å². The molecule has 4 aliphatic carbocycles. The lowest BCUT2D eigenvalue weighted by molar-refractivity contribution is -0.371. The van der Waals surface area contributed by atoms with Crippen molar-refractivity contribution in [2.75, 3.05) is 6.61 Å². The Morgan fingerprint density at radius 1 is 0.741 bits per heavy atom. The highest BCUT2D eigenvalue weighted by atomic mass is 16.8. The zero-order chi connectivity index (χ0) is 38.8. The number of carbonyl (C=O) groups is 1. The predicted molar refractivity (Wildman–Crippen MR) is 184 cm³/mol. The first-order valence-corrected chi connectivity index (χ1v) is 20.4. The number of hydrogen-bond acceptors (Lipinski definition) is 15. The van der Waals surface area contributed by atoms with Gasteiger partial charge >= 0.3 is 5.97 Å². The lowest BCUT2D eigenvalue weighted by atomic mass is 9.44. The van der Waals surface area contributed by atoms with Gasteiger partial charge in [-0.15, -0.1) is 0 Å². The van der Waals surface area contributed by atoms with E-state index >= 15 is 0 Å². The number of ether oxygens (including phenoxy) is 6. The maximum absolute atomic E-state index is 12.7. The van der Waals surface area contributed by atoms with E-state index in [0.717, 1.165) is 32.1 Å². The Balaban J connectivity index is 0.963. The Morgan fingerprint density at radius 3 is 2.19 bits per heavy atom. The van der Waals surface area contributed by atoms with Gasteiger partial charge in [0.1, 0.15) is 48.8 Å². The van der Waals surface area contributed by atoms with Crippen LogP contribution in [-0.2, 0) is 33.2 Å². The lowest BCUT2D eigenvalue weighted by Crippen LogP contribution is -2.64. The molecule has 0 aromatic carbocycles. The molecule has 8 rings (SSSR count). The standard InChI is InChI=1S/C39H62O15/c1-15-12-23(41)39(54-34(15)48)16(2)24-32(53-39)28(44)25-20-7-6-18-13-19(8-10-37(18,4)21(20)9-11-38(24,25)5)50-36-33(30(46)27(43)22(14-40)51-36)52-35-31(47)29(45)26(42)17(3)49-35/h15-33,35-36,40-47H,6-14H2,1-5H3/t15-,16+,17+,18+,19+,20-,21+,22-,23+,24+,25-,26+,27-,28-,29-,30+,31-,32+,33-,35+,36-,37+,38-,39-/m1/s1. The van der Waals surface area contributed by atoms with Crippen molar-refractivity contribution < 1.29 is 74.1 Å². The maximum atomic E-state index is 12.7. The third-order valence-electron chi connectivity index (χ3n) is 16.2. The maximum Gasteiger partial charge on any atom is 0.311 e. The van der Waals surface area contributed by atoms with Gasteiger partial charge in [-0.05, 0) is 92.8 Å². The van der Waals surface area contributed by atoms with Crippen molar-refractivity contribution in [1.82, 2.24) is 0 Å². The number of aliphatic hydroxyl groups is 8. The molecular weight excluding hydrogens is 708 g/mol. The van der Waals surface area contributed by atoms with Crippen LogP contribution in [0.25, 0.3) is 0 Å². The zero-order valence-corrected chi connectivity index (χ0v) is 31.9. The third kappa shape index (κ3) is 5.81. The largest absolute Gasteiger partial charge is 0.430 e. The van der Waals surface area contributed by atoms with Crippen LogP contribution in [0.1, 0.15) is 86.0 Å². The van der Waals surface area contributed by atoms with Crippen LogP contribution in [0.3, 0.4) is 0 Å². The van der Waals surface area contributed by atoms with Crippen LogP contribution in [-0.4, -0.2) is 145 Å². The number of aliphatic hydroxyl groups excluding tert-OH is 8. The molecule has 4 saturated carbocycles. The van der Waals surface area contributed by atoms with E-state index in [2.05, 4.69) is 13.8 Å². The second kappa shape index (κ2) is 14.1. The Kier molecular flexibility index (Phi) is 10.3. The van der Waals surface area contributed by atoms with E-state index in [4.69, 9.17) is 28.4 Å². The highest BCUT2D eigenvalue weighted by molar-refractivity contribution is 5.73. The molecule has 0 amide bonds. The van der Waals surface area contributed by atoms with Crippen LogP contribution in [0.2, 0.25) is 0 Å². The molecule has 24 atom stereocenters. The highest BCUT2D eigenvalue weighted by Crippen LogP contribution is 2.71. The minimum Gasteiger partial charge on any atom is -0.430 e. The molecule has 0 bridgehead atoms. The summed E-state index contributed by atoms with van der Waals surface area (Å²) < 4.78 is 36.5. The first-order valence-electron chi connectivity index (χ1n) is 20.4. The van der Waals surface area contributed by atoms with E-state index in [0.29, 0.717) is 24.7 Å². The smallest absolute Gasteiger partial charge is 0.311 e. The molecule has 4 heterocycles. The van der Waals surface area contributed by atoms with Crippen molar-refractivity contribution in [1.29, 1.82) is 0 Å². The first-order chi connectivity index (χ1) is 25.5. The summed E-state index contributed by atoms with van der Waals surface area (Å²) in [6.45, 7) is 9.34. The molecule has 0 unspecified atom stereocenters. The molecule has 0 aromatic heterocycles. The Morgan fingerprint density at radius 2 is 1.46 bits per heavy atom. The summed E-state index contributed by atoms with van der Waals surface area (Å²) in [6, 6.07) is 0. The van der Waals surface area contributed by atoms with Crippen molar-refractivity contribution >= 4 is 5.97 Å². The molecule has 308 valence electrons. The summed E-state index contributed by atoms with van der Waals surface area (Å²) in [4.78, 5) is 12.7. The summed E-state index contributed by atoms with van der Waals surface area (Å²) in [5, 5.41) is 86.3. The third-order valence-corrected chi connectivity index (χ3v) is 16.2. The van der Waals surface area contributed by atoms with Crippen molar-refractivity contribution in [3.05, 3.63) is 0 Å². The number of rotatable bonds is 5. The van der Waals surface area contributed by atoms with Gasteiger partial charge in [0.25, 0.3) is 0 Å². The van der Waals surface area contributed by atoms with Gasteiger partial charge in [-0.25, -0.2) is 0 Å². The average Bonchev–Trinajstić information content (AvgIpc) is 3.55. The summed E-state index contributed by atoms with van der Waals surface area (Å²) in [7, 11) is 0. The van der Waals surface area contributed by atoms with E-state index < -0.39 is 98.0 Å². The molecule has 8 fully saturated rings. The summed E-state index contributed by atoms with van der Waals surface area (Å²) in [5.41, 5.74) is -0.281. The highest BCUT2D eigenvalue weighted by Gasteiger charge is 2.74. The molecule has 0 aromatic rings. The van der Waals surface area contributed by atoms with Gasteiger partial charge in [0.2, 0.25) is 5.79 Å². The Labute approximate surface area is 316 Å². The van der Waals surface area contributed by atoms with Gasteiger partial charge in [0, 0.05) is 11.8 Å². The molecule has 0 radical (unpaired) electrons. The fourth-order valence-corrected chi connectivity index (χ4v) is 13.2. The van der Waals surface area contributed by atoms with Gasteiger partial charge in [-0.3, -0.25) is 4.79 Å². The second-order valence-electron chi connectivity index (χ2n) is 18.8. The van der Waals surface area contributed by atoms with Gasteiger partial charge in [-0.2, -0.15) is 0 Å². The molecule has 15 heteroatoms. The molecule has 15 nitrogen and oxygen atoms in total. The van der Waals surface area contributed by atoms with Gasteiger partial charge in [0.05, 0.1) is 36.9 Å². The second-order valence-corrected chi connectivity index (χ2v) is 18.8. The molecule has 8 aliphatic rings. The van der Waals surface area contributed by atoms with E-state index in [1.807, 2.05) is 6.92 Å². The van der Waals surface area contributed by atoms with E-state index in [1.54, 1.807) is 6.92 Å². The quantitative estimate of drug-likeness (QED) is 0.135. The first kappa shape index (κ1) is 39.8. The van der Waals surface area contributed by atoms with Crippen molar-refractivity contribution in [2.24, 2.45) is 52.3 Å². The van der Waals surface area contributed by atoms with Crippen molar-refractivity contribution in [3.63, 3.8) is 0 Å².